The number of ketones is 1. The minimum Gasteiger partial charge on any atom is -0.491 e. The van der Waals surface area contributed by atoms with Gasteiger partial charge in [-0.05, 0) is 55.6 Å². The molecule has 27 heavy (non-hydrogen) atoms. The second-order valence-corrected chi connectivity index (χ2v) is 7.64. The van der Waals surface area contributed by atoms with Crippen LogP contribution in [0.25, 0.3) is 6.08 Å². The van der Waals surface area contributed by atoms with Gasteiger partial charge in [0.1, 0.15) is 12.4 Å². The van der Waals surface area contributed by atoms with E-state index < -0.39 is 0 Å². The SMILES string of the molecule is O=C(C=Cc1cccs1)c1cc2c(cc1OCCN1CCCCC1)OCO2. The summed E-state index contributed by atoms with van der Waals surface area (Å²) in [7, 11) is 0. The summed E-state index contributed by atoms with van der Waals surface area (Å²) in [5.74, 6) is 1.67. The van der Waals surface area contributed by atoms with E-state index in [-0.39, 0.29) is 12.6 Å². The van der Waals surface area contributed by atoms with Crippen LogP contribution < -0.4 is 14.2 Å². The standard InChI is InChI=1S/C21H23NO4S/c23-18(7-6-16-5-4-12-27-16)17-13-20-21(26-15-25-20)14-19(17)24-11-10-22-8-2-1-3-9-22/h4-7,12-14H,1-3,8-11,15H2. The van der Waals surface area contributed by atoms with Crippen LogP contribution in [0, 0.1) is 0 Å². The molecular weight excluding hydrogens is 362 g/mol. The monoisotopic (exact) mass is 385 g/mol. The minimum atomic E-state index is -0.102. The number of carbonyl (C=O) groups excluding carboxylic acids is 1. The lowest BCUT2D eigenvalue weighted by Gasteiger charge is -2.26. The summed E-state index contributed by atoms with van der Waals surface area (Å²) in [6.07, 6.45) is 7.23. The highest BCUT2D eigenvalue weighted by Gasteiger charge is 2.21. The molecule has 0 aliphatic carbocycles. The van der Waals surface area contributed by atoms with E-state index in [1.54, 1.807) is 29.5 Å². The average molecular weight is 385 g/mol. The largest absolute Gasteiger partial charge is 0.491 e. The fraction of sp³-hybridized carbons (Fsp3) is 0.381. The van der Waals surface area contributed by atoms with Crippen LogP contribution in [0.4, 0.5) is 0 Å². The fourth-order valence-electron chi connectivity index (χ4n) is 3.34. The first-order chi connectivity index (χ1) is 13.3. The molecule has 0 bridgehead atoms. The Morgan fingerprint density at radius 3 is 2.78 bits per heavy atom. The first-order valence-corrected chi connectivity index (χ1v) is 10.2. The zero-order valence-corrected chi connectivity index (χ0v) is 16.0. The van der Waals surface area contributed by atoms with Crippen molar-refractivity contribution in [1.29, 1.82) is 0 Å². The van der Waals surface area contributed by atoms with Crippen LogP contribution in [-0.4, -0.2) is 43.7 Å². The molecule has 0 atom stereocenters. The predicted molar refractivity (Wildman–Crippen MR) is 106 cm³/mol. The molecule has 2 aliphatic rings. The van der Waals surface area contributed by atoms with Gasteiger partial charge in [0.15, 0.2) is 17.3 Å². The van der Waals surface area contributed by atoms with E-state index in [0.29, 0.717) is 29.4 Å². The molecule has 3 heterocycles. The Morgan fingerprint density at radius 2 is 2.00 bits per heavy atom. The Hall–Kier alpha value is -2.31. The van der Waals surface area contributed by atoms with Gasteiger partial charge in [-0.1, -0.05) is 12.5 Å². The summed E-state index contributed by atoms with van der Waals surface area (Å²) in [5, 5.41) is 1.99. The fourth-order valence-corrected chi connectivity index (χ4v) is 3.95. The molecule has 0 saturated carbocycles. The number of nitrogens with zero attached hydrogens (tertiary/aromatic N) is 1. The number of thiophene rings is 1. The summed E-state index contributed by atoms with van der Waals surface area (Å²) >= 11 is 1.59. The number of piperidine rings is 1. The van der Waals surface area contributed by atoms with E-state index in [9.17, 15) is 4.79 Å². The van der Waals surface area contributed by atoms with Crippen molar-refractivity contribution in [3.8, 4) is 17.2 Å². The molecule has 0 spiro atoms. The molecule has 2 aliphatic heterocycles. The van der Waals surface area contributed by atoms with E-state index in [4.69, 9.17) is 14.2 Å². The maximum Gasteiger partial charge on any atom is 0.231 e. The molecule has 142 valence electrons. The number of carbonyl (C=O) groups is 1. The Bertz CT molecular complexity index is 810. The van der Waals surface area contributed by atoms with Gasteiger partial charge in [-0.3, -0.25) is 9.69 Å². The third-order valence-electron chi connectivity index (χ3n) is 4.80. The van der Waals surface area contributed by atoms with E-state index in [2.05, 4.69) is 4.90 Å². The summed E-state index contributed by atoms with van der Waals surface area (Å²) in [5.41, 5.74) is 0.505. The zero-order chi connectivity index (χ0) is 18.5. The van der Waals surface area contributed by atoms with Crippen LogP contribution in [0.1, 0.15) is 34.5 Å². The maximum absolute atomic E-state index is 12.8. The first-order valence-electron chi connectivity index (χ1n) is 9.34. The Morgan fingerprint density at radius 1 is 1.19 bits per heavy atom. The lowest BCUT2D eigenvalue weighted by atomic mass is 10.1. The molecular formula is C21H23NO4S. The van der Waals surface area contributed by atoms with Crippen LogP contribution in [0.2, 0.25) is 0 Å². The van der Waals surface area contributed by atoms with Crippen molar-refractivity contribution in [3.63, 3.8) is 0 Å². The molecule has 1 aromatic carbocycles. The number of fused-ring (bicyclic) bond motifs is 1. The van der Waals surface area contributed by atoms with Crippen LogP contribution in [-0.2, 0) is 0 Å². The smallest absolute Gasteiger partial charge is 0.231 e. The predicted octanol–water partition coefficient (Wildman–Crippen LogP) is 4.24. The molecule has 0 N–H and O–H groups in total. The van der Waals surface area contributed by atoms with Crippen LogP contribution >= 0.6 is 11.3 Å². The summed E-state index contributed by atoms with van der Waals surface area (Å²) in [6.45, 7) is 3.84. The number of likely N-dealkylation sites (tertiary alicyclic amines) is 1. The van der Waals surface area contributed by atoms with Crippen LogP contribution in [0.15, 0.2) is 35.7 Å². The molecule has 0 amide bonds. The van der Waals surface area contributed by atoms with E-state index in [1.807, 2.05) is 23.6 Å². The molecule has 5 nitrogen and oxygen atoms in total. The molecule has 1 saturated heterocycles. The summed E-state index contributed by atoms with van der Waals surface area (Å²) in [4.78, 5) is 16.2. The van der Waals surface area contributed by atoms with Crippen molar-refractivity contribution in [1.82, 2.24) is 4.90 Å². The van der Waals surface area contributed by atoms with Gasteiger partial charge in [-0.25, -0.2) is 0 Å². The Kier molecular flexibility index (Phi) is 5.75. The summed E-state index contributed by atoms with van der Waals surface area (Å²) in [6, 6.07) is 7.43. The van der Waals surface area contributed by atoms with Gasteiger partial charge >= 0.3 is 0 Å². The van der Waals surface area contributed by atoms with Gasteiger partial charge in [-0.2, -0.15) is 0 Å². The highest BCUT2D eigenvalue weighted by molar-refractivity contribution is 7.10. The van der Waals surface area contributed by atoms with Crippen molar-refractivity contribution in [3.05, 3.63) is 46.2 Å². The quantitative estimate of drug-likeness (QED) is 0.527. The lowest BCUT2D eigenvalue weighted by Crippen LogP contribution is -2.33. The van der Waals surface area contributed by atoms with Crippen LogP contribution in [0.5, 0.6) is 17.2 Å². The lowest BCUT2D eigenvalue weighted by molar-refractivity contribution is 0.104. The third kappa shape index (κ3) is 4.51. The van der Waals surface area contributed by atoms with Gasteiger partial charge in [0.2, 0.25) is 6.79 Å². The number of rotatable bonds is 7. The van der Waals surface area contributed by atoms with Crippen molar-refractivity contribution in [2.45, 2.75) is 19.3 Å². The number of allylic oxidation sites excluding steroid dienone is 1. The van der Waals surface area contributed by atoms with Gasteiger partial charge in [0.05, 0.1) is 5.56 Å². The Labute approximate surface area is 163 Å². The van der Waals surface area contributed by atoms with Crippen molar-refractivity contribution in [2.75, 3.05) is 33.0 Å². The minimum absolute atomic E-state index is 0.102. The normalized spacial score (nSPS) is 16.7. The molecule has 1 fully saturated rings. The molecule has 4 rings (SSSR count). The maximum atomic E-state index is 12.8. The van der Waals surface area contributed by atoms with Crippen LogP contribution in [0.3, 0.4) is 0 Å². The highest BCUT2D eigenvalue weighted by Crippen LogP contribution is 2.38. The van der Waals surface area contributed by atoms with E-state index in [1.165, 1.54) is 19.3 Å². The van der Waals surface area contributed by atoms with Gasteiger partial charge in [0.25, 0.3) is 0 Å². The number of benzene rings is 1. The highest BCUT2D eigenvalue weighted by atomic mass is 32.1. The first kappa shape index (κ1) is 18.1. The molecule has 2 aromatic rings. The zero-order valence-electron chi connectivity index (χ0n) is 15.2. The molecule has 0 unspecified atom stereocenters. The van der Waals surface area contributed by atoms with Crippen molar-refractivity contribution >= 4 is 23.2 Å². The average Bonchev–Trinajstić information content (AvgIpc) is 3.37. The van der Waals surface area contributed by atoms with E-state index in [0.717, 1.165) is 24.5 Å². The number of ether oxygens (including phenoxy) is 3. The topological polar surface area (TPSA) is 48.0 Å². The second-order valence-electron chi connectivity index (χ2n) is 6.67. The van der Waals surface area contributed by atoms with Crippen molar-refractivity contribution < 1.29 is 19.0 Å². The van der Waals surface area contributed by atoms with Gasteiger partial charge in [-0.15, -0.1) is 11.3 Å². The van der Waals surface area contributed by atoms with Gasteiger partial charge in [0, 0.05) is 17.5 Å². The molecule has 6 heteroatoms. The number of hydrogen-bond donors (Lipinski definition) is 0. The number of hydrogen-bond acceptors (Lipinski definition) is 6. The van der Waals surface area contributed by atoms with E-state index >= 15 is 0 Å². The van der Waals surface area contributed by atoms with Crippen molar-refractivity contribution in [2.24, 2.45) is 0 Å². The third-order valence-corrected chi connectivity index (χ3v) is 5.63. The van der Waals surface area contributed by atoms with Gasteiger partial charge < -0.3 is 14.2 Å². The summed E-state index contributed by atoms with van der Waals surface area (Å²) < 4.78 is 16.9. The second kappa shape index (κ2) is 8.59. The Balaban J connectivity index is 1.48. The molecule has 0 radical (unpaired) electrons. The molecule has 1 aromatic heterocycles.